The van der Waals surface area contributed by atoms with E-state index < -0.39 is 0 Å². The maximum Gasteiger partial charge on any atom is 0.193 e. The van der Waals surface area contributed by atoms with Crippen LogP contribution in [0.4, 0.5) is 0 Å². The average Bonchev–Trinajstić information content (AvgIpc) is 2.47. The summed E-state index contributed by atoms with van der Waals surface area (Å²) >= 11 is 0. The molecule has 0 fully saturated rings. The lowest BCUT2D eigenvalue weighted by Gasteiger charge is -2.04. The molecule has 3 rings (SSSR count). The molecule has 0 amide bonds. The van der Waals surface area contributed by atoms with Gasteiger partial charge in [0, 0.05) is 11.6 Å². The summed E-state index contributed by atoms with van der Waals surface area (Å²) in [4.78, 5) is 12.0. The van der Waals surface area contributed by atoms with Crippen molar-refractivity contribution >= 4 is 11.0 Å². The largest absolute Gasteiger partial charge is 0.507 e. The van der Waals surface area contributed by atoms with E-state index in [9.17, 15) is 9.90 Å². The quantitative estimate of drug-likeness (QED) is 0.685. The molecule has 0 aliphatic heterocycles. The molecule has 96 valence electrons. The molecule has 0 bridgehead atoms. The highest BCUT2D eigenvalue weighted by molar-refractivity contribution is 5.78. The Balaban J connectivity index is 2.25. The smallest absolute Gasteiger partial charge is 0.193 e. The topological polar surface area (TPSA) is 50.4 Å². The van der Waals surface area contributed by atoms with Crippen molar-refractivity contribution in [3.8, 4) is 29.4 Å². The van der Waals surface area contributed by atoms with E-state index in [1.807, 2.05) is 0 Å². The molecular formula is C17H10O3. The molecule has 1 aromatic heterocycles. The van der Waals surface area contributed by atoms with Gasteiger partial charge in [-0.1, -0.05) is 18.1 Å². The Morgan fingerprint density at radius 3 is 2.70 bits per heavy atom. The fraction of sp³-hybridized carbons (Fsp3) is 0. The van der Waals surface area contributed by atoms with Crippen LogP contribution >= 0.6 is 0 Å². The number of terminal acetylenes is 1. The van der Waals surface area contributed by atoms with Crippen molar-refractivity contribution < 1.29 is 9.52 Å². The molecule has 1 heterocycles. The number of phenols is 1. The summed E-state index contributed by atoms with van der Waals surface area (Å²) in [6.45, 7) is 0. The van der Waals surface area contributed by atoms with Crippen LogP contribution in [0, 0.1) is 12.3 Å². The van der Waals surface area contributed by atoms with Crippen molar-refractivity contribution in [3.63, 3.8) is 0 Å². The third-order valence-corrected chi connectivity index (χ3v) is 3.07. The number of para-hydroxylation sites is 1. The maximum atomic E-state index is 12.0. The van der Waals surface area contributed by atoms with Gasteiger partial charge in [-0.15, -0.1) is 6.42 Å². The van der Waals surface area contributed by atoms with Crippen LogP contribution in [-0.4, -0.2) is 5.11 Å². The fourth-order valence-corrected chi connectivity index (χ4v) is 2.05. The van der Waals surface area contributed by atoms with Gasteiger partial charge in [0.2, 0.25) is 0 Å². The Hall–Kier alpha value is -2.99. The van der Waals surface area contributed by atoms with Crippen molar-refractivity contribution in [2.45, 2.75) is 0 Å². The predicted molar refractivity (Wildman–Crippen MR) is 77.5 cm³/mol. The Morgan fingerprint density at radius 1 is 1.10 bits per heavy atom. The fourth-order valence-electron chi connectivity index (χ4n) is 2.05. The Kier molecular flexibility index (Phi) is 2.77. The molecule has 3 nitrogen and oxygen atoms in total. The van der Waals surface area contributed by atoms with Crippen molar-refractivity contribution in [1.82, 2.24) is 0 Å². The molecule has 0 aliphatic rings. The highest BCUT2D eigenvalue weighted by Gasteiger charge is 2.08. The summed E-state index contributed by atoms with van der Waals surface area (Å²) in [5.74, 6) is 2.84. The van der Waals surface area contributed by atoms with Gasteiger partial charge < -0.3 is 9.52 Å². The SMILES string of the molecule is C#Cc1cc(-c2cc(=O)c3ccccc3o2)ccc1O. The van der Waals surface area contributed by atoms with Gasteiger partial charge >= 0.3 is 0 Å². The van der Waals surface area contributed by atoms with Gasteiger partial charge in [0.25, 0.3) is 0 Å². The van der Waals surface area contributed by atoms with Crippen LogP contribution < -0.4 is 5.43 Å². The Morgan fingerprint density at radius 2 is 1.90 bits per heavy atom. The molecule has 20 heavy (non-hydrogen) atoms. The minimum absolute atomic E-state index is 0.0272. The van der Waals surface area contributed by atoms with Gasteiger partial charge in [-0.3, -0.25) is 4.79 Å². The van der Waals surface area contributed by atoms with Crippen LogP contribution in [0.1, 0.15) is 5.56 Å². The van der Waals surface area contributed by atoms with Crippen LogP contribution in [-0.2, 0) is 0 Å². The zero-order valence-corrected chi connectivity index (χ0v) is 10.5. The summed E-state index contributed by atoms with van der Waals surface area (Å²) in [6, 6.07) is 13.2. The first-order chi connectivity index (χ1) is 9.69. The molecule has 0 spiro atoms. The third kappa shape index (κ3) is 1.94. The van der Waals surface area contributed by atoms with E-state index in [-0.39, 0.29) is 11.2 Å². The lowest BCUT2D eigenvalue weighted by atomic mass is 10.1. The highest BCUT2D eigenvalue weighted by atomic mass is 16.3. The summed E-state index contributed by atoms with van der Waals surface area (Å²) in [5, 5.41) is 10.1. The van der Waals surface area contributed by atoms with Gasteiger partial charge in [-0.25, -0.2) is 0 Å². The predicted octanol–water partition coefficient (Wildman–Crippen LogP) is 3.15. The van der Waals surface area contributed by atoms with E-state index in [1.165, 1.54) is 12.1 Å². The highest BCUT2D eigenvalue weighted by Crippen LogP contribution is 2.26. The molecule has 0 aliphatic carbocycles. The second kappa shape index (κ2) is 4.60. The lowest BCUT2D eigenvalue weighted by molar-refractivity contribution is 0.473. The minimum Gasteiger partial charge on any atom is -0.507 e. The standard InChI is InChI=1S/C17H10O3/c1-2-11-9-12(7-8-14(11)18)17-10-15(19)13-5-3-4-6-16(13)20-17/h1,3-10,18H. The van der Waals surface area contributed by atoms with Crippen LogP contribution in [0.2, 0.25) is 0 Å². The second-order valence-electron chi connectivity index (χ2n) is 4.35. The molecule has 0 radical (unpaired) electrons. The molecule has 3 heteroatoms. The first-order valence-electron chi connectivity index (χ1n) is 6.02. The maximum absolute atomic E-state index is 12.0. The van der Waals surface area contributed by atoms with Crippen molar-refractivity contribution in [1.29, 1.82) is 0 Å². The van der Waals surface area contributed by atoms with Crippen molar-refractivity contribution in [3.05, 3.63) is 64.3 Å². The first-order valence-corrected chi connectivity index (χ1v) is 6.02. The zero-order chi connectivity index (χ0) is 14.1. The van der Waals surface area contributed by atoms with Crippen LogP contribution in [0.5, 0.6) is 5.75 Å². The number of phenolic OH excluding ortho intramolecular Hbond substituents is 1. The Bertz CT molecular complexity index is 898. The van der Waals surface area contributed by atoms with Crippen molar-refractivity contribution in [2.75, 3.05) is 0 Å². The van der Waals surface area contributed by atoms with Crippen molar-refractivity contribution in [2.24, 2.45) is 0 Å². The Labute approximate surface area is 115 Å². The van der Waals surface area contributed by atoms with E-state index in [4.69, 9.17) is 10.8 Å². The molecule has 3 aromatic rings. The third-order valence-electron chi connectivity index (χ3n) is 3.07. The number of benzene rings is 2. The molecule has 0 atom stereocenters. The number of aromatic hydroxyl groups is 1. The van der Waals surface area contributed by atoms with Gasteiger partial charge in [-0.05, 0) is 30.3 Å². The monoisotopic (exact) mass is 262 g/mol. The van der Waals surface area contributed by atoms with Gasteiger partial charge in [0.15, 0.2) is 5.43 Å². The molecular weight excluding hydrogens is 252 g/mol. The number of hydrogen-bond donors (Lipinski definition) is 1. The lowest BCUT2D eigenvalue weighted by Crippen LogP contribution is -1.99. The van der Waals surface area contributed by atoms with E-state index >= 15 is 0 Å². The normalized spacial score (nSPS) is 10.3. The van der Waals surface area contributed by atoms with Crippen LogP contribution in [0.15, 0.2) is 57.7 Å². The van der Waals surface area contributed by atoms with Crippen LogP contribution in [0.3, 0.4) is 0 Å². The van der Waals surface area contributed by atoms with Crippen LogP contribution in [0.25, 0.3) is 22.3 Å². The minimum atomic E-state index is -0.114. The molecule has 1 N–H and O–H groups in total. The number of fused-ring (bicyclic) bond motifs is 1. The molecule has 0 saturated heterocycles. The summed E-state index contributed by atoms with van der Waals surface area (Å²) in [6.07, 6.45) is 5.32. The molecule has 0 saturated carbocycles. The average molecular weight is 262 g/mol. The van der Waals surface area contributed by atoms with Gasteiger partial charge in [0.1, 0.15) is 17.1 Å². The number of rotatable bonds is 1. The number of hydrogen-bond acceptors (Lipinski definition) is 3. The molecule has 2 aromatic carbocycles. The zero-order valence-electron chi connectivity index (χ0n) is 10.5. The summed E-state index contributed by atoms with van der Waals surface area (Å²) < 4.78 is 5.72. The van der Waals surface area contributed by atoms with Gasteiger partial charge in [0.05, 0.1) is 10.9 Å². The van der Waals surface area contributed by atoms with Gasteiger partial charge in [-0.2, -0.15) is 0 Å². The molecule has 0 unspecified atom stereocenters. The first kappa shape index (κ1) is 12.1. The summed E-state index contributed by atoms with van der Waals surface area (Å²) in [7, 11) is 0. The van der Waals surface area contributed by atoms with E-state index in [2.05, 4.69) is 5.92 Å². The summed E-state index contributed by atoms with van der Waals surface area (Å²) in [5.41, 5.74) is 1.42. The van der Waals surface area contributed by atoms with E-state index in [1.54, 1.807) is 36.4 Å². The van der Waals surface area contributed by atoms with E-state index in [0.717, 1.165) is 0 Å². The second-order valence-corrected chi connectivity index (χ2v) is 4.35. The van der Waals surface area contributed by atoms with E-state index in [0.29, 0.717) is 27.9 Å².